The first-order valence-electron chi connectivity index (χ1n) is 11.2. The number of anilines is 1. The van der Waals surface area contributed by atoms with E-state index in [0.717, 1.165) is 5.69 Å². The number of amides is 1. The Morgan fingerprint density at radius 3 is 2.30 bits per heavy atom. The van der Waals surface area contributed by atoms with Crippen LogP contribution in [0.3, 0.4) is 0 Å². The summed E-state index contributed by atoms with van der Waals surface area (Å²) in [4.78, 5) is 15.1. The van der Waals surface area contributed by atoms with Crippen LogP contribution in [0.15, 0.2) is 42.5 Å². The molecule has 1 aliphatic carbocycles. The van der Waals surface area contributed by atoms with E-state index in [-0.39, 0.29) is 35.0 Å². The zero-order valence-electron chi connectivity index (χ0n) is 19.8. The fraction of sp³-hybridized carbons (Fsp3) is 0.462. The maximum absolute atomic E-state index is 13.0. The van der Waals surface area contributed by atoms with Gasteiger partial charge >= 0.3 is 0 Å². The monoisotopic (exact) mass is 449 g/mol. The van der Waals surface area contributed by atoms with Crippen LogP contribution in [-0.2, 0) is 0 Å². The molecule has 1 amide bonds. The number of carbonyl (C=O) groups is 1. The van der Waals surface area contributed by atoms with E-state index in [0.29, 0.717) is 35.7 Å². The van der Waals surface area contributed by atoms with Gasteiger partial charge in [0.25, 0.3) is 5.91 Å². The normalized spacial score (nSPS) is 23.0. The number of ether oxygens (including phenoxy) is 2. The lowest BCUT2D eigenvalue weighted by Gasteiger charge is -2.63. The molecule has 0 spiro atoms. The van der Waals surface area contributed by atoms with E-state index < -0.39 is 0 Å². The molecule has 0 aromatic heterocycles. The molecule has 1 aliphatic heterocycles. The first-order chi connectivity index (χ1) is 15.6. The quantitative estimate of drug-likeness (QED) is 0.702. The summed E-state index contributed by atoms with van der Waals surface area (Å²) in [6, 6.07) is 14.7. The molecule has 2 N–H and O–H groups in total. The average molecular weight is 450 g/mol. The Hall–Kier alpha value is -3.24. The van der Waals surface area contributed by atoms with Gasteiger partial charge in [-0.05, 0) is 36.4 Å². The number of hydrogen-bond acceptors (Lipinski definition) is 6. The summed E-state index contributed by atoms with van der Waals surface area (Å²) < 4.78 is 11.6. The lowest BCUT2D eigenvalue weighted by Crippen LogP contribution is -2.74. The van der Waals surface area contributed by atoms with Crippen LogP contribution in [0, 0.1) is 22.2 Å². The number of methoxy groups -OCH3 is 1. The van der Waals surface area contributed by atoms with Crippen LogP contribution in [0.25, 0.3) is 0 Å². The van der Waals surface area contributed by atoms with Crippen molar-refractivity contribution in [2.45, 2.75) is 45.9 Å². The molecule has 2 fully saturated rings. The largest absolute Gasteiger partial charge is 0.495 e. The van der Waals surface area contributed by atoms with Gasteiger partial charge in [0.2, 0.25) is 0 Å². The molecule has 0 atom stereocenters. The maximum Gasteiger partial charge on any atom is 0.251 e. The minimum Gasteiger partial charge on any atom is -0.495 e. The Morgan fingerprint density at radius 1 is 1.12 bits per heavy atom. The predicted octanol–water partition coefficient (Wildman–Crippen LogP) is 3.36. The lowest BCUT2D eigenvalue weighted by atomic mass is 9.49. The molecule has 7 nitrogen and oxygen atoms in total. The summed E-state index contributed by atoms with van der Waals surface area (Å²) in [7, 11) is 1.53. The van der Waals surface area contributed by atoms with Crippen LogP contribution < -0.4 is 19.7 Å². The summed E-state index contributed by atoms with van der Waals surface area (Å²) >= 11 is 0. The number of hydrogen-bond donors (Lipinski definition) is 2. The molecule has 33 heavy (non-hydrogen) atoms. The molecule has 2 aromatic carbocycles. The van der Waals surface area contributed by atoms with E-state index >= 15 is 0 Å². The topological polar surface area (TPSA) is 94.8 Å². The molecule has 7 heteroatoms. The van der Waals surface area contributed by atoms with Crippen molar-refractivity contribution in [1.82, 2.24) is 5.32 Å². The van der Waals surface area contributed by atoms with Crippen molar-refractivity contribution in [3.05, 3.63) is 53.6 Å². The third-order valence-corrected chi connectivity index (χ3v) is 7.02. The van der Waals surface area contributed by atoms with Gasteiger partial charge in [0.05, 0.1) is 18.8 Å². The van der Waals surface area contributed by atoms with E-state index in [1.807, 2.05) is 24.3 Å². The zero-order chi connectivity index (χ0) is 24.0. The van der Waals surface area contributed by atoms with E-state index in [1.54, 1.807) is 18.2 Å². The molecule has 0 radical (unpaired) electrons. The van der Waals surface area contributed by atoms with Crippen LogP contribution in [0.2, 0.25) is 0 Å². The summed E-state index contributed by atoms with van der Waals surface area (Å²) in [5.41, 5.74) is 1.45. The first-order valence-corrected chi connectivity index (χ1v) is 11.2. The Labute approximate surface area is 194 Å². The Bertz CT molecular complexity index is 1070. The van der Waals surface area contributed by atoms with Gasteiger partial charge in [-0.25, -0.2) is 0 Å². The van der Waals surface area contributed by atoms with E-state index in [4.69, 9.17) is 9.47 Å². The van der Waals surface area contributed by atoms with Gasteiger partial charge in [0.15, 0.2) is 0 Å². The number of carbonyl (C=O) groups excluding carboxylic acids is 1. The molecule has 174 valence electrons. The number of aliphatic hydroxyl groups is 1. The number of nitrogens with one attached hydrogen (secondary N) is 1. The number of nitrogens with zero attached hydrogens (tertiary/aromatic N) is 2. The smallest absolute Gasteiger partial charge is 0.251 e. The number of rotatable bonds is 6. The zero-order valence-corrected chi connectivity index (χ0v) is 19.8. The van der Waals surface area contributed by atoms with Crippen LogP contribution in [0.1, 0.15) is 43.6 Å². The molecular weight excluding hydrogens is 418 g/mol. The second-order valence-corrected chi connectivity index (χ2v) is 10.1. The van der Waals surface area contributed by atoms with E-state index in [9.17, 15) is 15.2 Å². The molecule has 1 saturated heterocycles. The average Bonchev–Trinajstić information content (AvgIpc) is 2.78. The molecule has 2 aliphatic rings. The standard InChI is InChI=1S/C26H31N3O4/c1-25(2)23(28-22(31)16-6-9-18(10-7-16)29-14-19(30)15-29)26(3,4)24(25)33-20-11-8-17(13-27)21(12-20)32-5/h6-12,19,23-24,30H,14-15H2,1-5H3,(H,28,31). The lowest BCUT2D eigenvalue weighted by molar-refractivity contribution is -0.164. The molecule has 1 heterocycles. The molecule has 0 unspecified atom stereocenters. The third kappa shape index (κ3) is 4.00. The number of nitriles is 1. The van der Waals surface area contributed by atoms with Crippen molar-refractivity contribution in [3.8, 4) is 17.6 Å². The number of β-amino-alcohol motifs (C(OH)–C–C–N with tert-alkyl or cyclic N) is 1. The SMILES string of the molecule is COc1cc(OC2C(C)(C)C(NC(=O)c3ccc(N4CC(O)C4)cc3)C2(C)C)ccc1C#N. The summed E-state index contributed by atoms with van der Waals surface area (Å²) in [6.45, 7) is 9.62. The van der Waals surface area contributed by atoms with Gasteiger partial charge in [0.1, 0.15) is 23.7 Å². The fourth-order valence-corrected chi connectivity index (χ4v) is 5.48. The van der Waals surface area contributed by atoms with Gasteiger partial charge in [-0.3, -0.25) is 4.79 Å². The van der Waals surface area contributed by atoms with Crippen LogP contribution in [0.5, 0.6) is 11.5 Å². The van der Waals surface area contributed by atoms with Gasteiger partial charge < -0.3 is 24.8 Å². The van der Waals surface area contributed by atoms with Crippen LogP contribution >= 0.6 is 0 Å². The van der Waals surface area contributed by atoms with E-state index in [1.165, 1.54) is 7.11 Å². The minimum absolute atomic E-state index is 0.0898. The molecule has 0 bridgehead atoms. The molecule has 4 rings (SSSR count). The highest BCUT2D eigenvalue weighted by atomic mass is 16.5. The summed E-state index contributed by atoms with van der Waals surface area (Å²) in [6.07, 6.45) is -0.412. The first kappa shape index (κ1) is 22.9. The van der Waals surface area contributed by atoms with Gasteiger partial charge in [0, 0.05) is 47.3 Å². The van der Waals surface area contributed by atoms with Crippen molar-refractivity contribution in [2.24, 2.45) is 10.8 Å². The second-order valence-electron chi connectivity index (χ2n) is 10.1. The van der Waals surface area contributed by atoms with Crippen LogP contribution in [-0.4, -0.2) is 49.5 Å². The van der Waals surface area contributed by atoms with Crippen molar-refractivity contribution < 1.29 is 19.4 Å². The van der Waals surface area contributed by atoms with E-state index in [2.05, 4.69) is 44.0 Å². The highest BCUT2D eigenvalue weighted by Gasteiger charge is 2.64. The molecule has 2 aromatic rings. The van der Waals surface area contributed by atoms with Crippen LogP contribution in [0.4, 0.5) is 5.69 Å². The molecule has 1 saturated carbocycles. The highest BCUT2D eigenvalue weighted by molar-refractivity contribution is 5.95. The summed E-state index contributed by atoms with van der Waals surface area (Å²) in [5, 5.41) is 21.9. The third-order valence-electron chi connectivity index (χ3n) is 7.02. The Kier molecular flexibility index (Phi) is 5.75. The molecular formula is C26H31N3O4. The predicted molar refractivity (Wildman–Crippen MR) is 126 cm³/mol. The Balaban J connectivity index is 1.44. The maximum atomic E-state index is 13.0. The Morgan fingerprint density at radius 2 is 1.76 bits per heavy atom. The van der Waals surface area contributed by atoms with Gasteiger partial charge in [-0.1, -0.05) is 27.7 Å². The fourth-order valence-electron chi connectivity index (χ4n) is 5.48. The summed E-state index contributed by atoms with van der Waals surface area (Å²) in [5.74, 6) is 0.995. The van der Waals surface area contributed by atoms with Crippen molar-refractivity contribution >= 4 is 11.6 Å². The van der Waals surface area contributed by atoms with Crippen molar-refractivity contribution in [1.29, 1.82) is 5.26 Å². The minimum atomic E-state index is -0.312. The highest BCUT2D eigenvalue weighted by Crippen LogP contribution is 2.55. The second kappa shape index (κ2) is 8.27. The van der Waals surface area contributed by atoms with Crippen molar-refractivity contribution in [3.63, 3.8) is 0 Å². The number of benzene rings is 2. The number of aliphatic hydroxyl groups excluding tert-OH is 1. The van der Waals surface area contributed by atoms with Gasteiger partial charge in [-0.15, -0.1) is 0 Å². The van der Waals surface area contributed by atoms with Crippen molar-refractivity contribution in [2.75, 3.05) is 25.1 Å². The van der Waals surface area contributed by atoms with Gasteiger partial charge in [-0.2, -0.15) is 5.26 Å².